The SMILES string of the molecule is C[C@]12CC[C@H]3[C@@H](CCC4CCCC[C@@H]43)[C@@H]1CCC2O. The standard InChI is InChI=1S/C18H30O/c1-18-11-10-14-13-5-3-2-4-12(13)6-7-15(14)16(18)8-9-17(18)19/h12-17,19H,2-11H2,1H3/t12?,13-,14+,15+,16-,17?,18-/m0/s1. The minimum absolute atomic E-state index is 0.00234. The summed E-state index contributed by atoms with van der Waals surface area (Å²) in [4.78, 5) is 0. The van der Waals surface area contributed by atoms with Gasteiger partial charge >= 0.3 is 0 Å². The second kappa shape index (κ2) is 4.48. The van der Waals surface area contributed by atoms with Crippen molar-refractivity contribution in [3.05, 3.63) is 0 Å². The Morgan fingerprint density at radius 3 is 2.53 bits per heavy atom. The van der Waals surface area contributed by atoms with E-state index < -0.39 is 0 Å². The summed E-state index contributed by atoms with van der Waals surface area (Å²) in [7, 11) is 0. The Balaban J connectivity index is 1.59. The van der Waals surface area contributed by atoms with Crippen LogP contribution in [-0.2, 0) is 0 Å². The van der Waals surface area contributed by atoms with Crippen LogP contribution < -0.4 is 0 Å². The maximum atomic E-state index is 10.4. The topological polar surface area (TPSA) is 20.2 Å². The Labute approximate surface area is 118 Å². The van der Waals surface area contributed by atoms with Crippen molar-refractivity contribution in [3.8, 4) is 0 Å². The van der Waals surface area contributed by atoms with E-state index in [2.05, 4.69) is 6.92 Å². The zero-order chi connectivity index (χ0) is 13.0. The lowest BCUT2D eigenvalue weighted by Gasteiger charge is -2.55. The predicted octanol–water partition coefficient (Wildman–Crippen LogP) is 4.39. The number of fused-ring (bicyclic) bond motifs is 5. The first-order chi connectivity index (χ1) is 9.20. The molecule has 0 radical (unpaired) electrons. The fraction of sp³-hybridized carbons (Fsp3) is 1.00. The maximum absolute atomic E-state index is 10.4. The van der Waals surface area contributed by atoms with Crippen LogP contribution in [0.2, 0.25) is 0 Å². The van der Waals surface area contributed by atoms with Gasteiger partial charge in [0, 0.05) is 0 Å². The quantitative estimate of drug-likeness (QED) is 0.686. The van der Waals surface area contributed by atoms with E-state index in [1.807, 2.05) is 0 Å². The van der Waals surface area contributed by atoms with Gasteiger partial charge in [0.15, 0.2) is 0 Å². The van der Waals surface area contributed by atoms with Crippen LogP contribution >= 0.6 is 0 Å². The van der Waals surface area contributed by atoms with E-state index in [1.54, 1.807) is 0 Å². The number of hydrogen-bond acceptors (Lipinski definition) is 1. The van der Waals surface area contributed by atoms with Crippen LogP contribution in [0, 0.1) is 35.0 Å². The van der Waals surface area contributed by atoms with Crippen molar-refractivity contribution in [1.82, 2.24) is 0 Å². The van der Waals surface area contributed by atoms with Gasteiger partial charge in [-0.3, -0.25) is 0 Å². The van der Waals surface area contributed by atoms with Crippen LogP contribution in [0.3, 0.4) is 0 Å². The summed E-state index contributed by atoms with van der Waals surface area (Å²) in [5, 5.41) is 10.4. The molecule has 4 aliphatic rings. The first kappa shape index (κ1) is 12.7. The molecule has 7 atom stereocenters. The molecular formula is C18H30O. The van der Waals surface area contributed by atoms with Crippen molar-refractivity contribution in [2.75, 3.05) is 0 Å². The van der Waals surface area contributed by atoms with Crippen LogP contribution in [0.15, 0.2) is 0 Å². The van der Waals surface area contributed by atoms with Crippen LogP contribution in [0.25, 0.3) is 0 Å². The fourth-order valence-electron chi connectivity index (χ4n) is 6.80. The fourth-order valence-corrected chi connectivity index (χ4v) is 6.80. The summed E-state index contributed by atoms with van der Waals surface area (Å²) in [5.41, 5.74) is 0.280. The molecule has 0 aromatic heterocycles. The van der Waals surface area contributed by atoms with Gasteiger partial charge in [-0.2, -0.15) is 0 Å². The highest BCUT2D eigenvalue weighted by molar-refractivity contribution is 5.05. The summed E-state index contributed by atoms with van der Waals surface area (Å²) in [5.74, 6) is 4.99. The summed E-state index contributed by atoms with van der Waals surface area (Å²) in [6, 6.07) is 0. The van der Waals surface area contributed by atoms with Gasteiger partial charge in [0.1, 0.15) is 0 Å². The highest BCUT2D eigenvalue weighted by Gasteiger charge is 2.56. The smallest absolute Gasteiger partial charge is 0.0596 e. The van der Waals surface area contributed by atoms with Crippen molar-refractivity contribution in [2.24, 2.45) is 35.0 Å². The number of aliphatic hydroxyl groups excluding tert-OH is 1. The van der Waals surface area contributed by atoms with E-state index in [0.29, 0.717) is 0 Å². The average molecular weight is 262 g/mol. The van der Waals surface area contributed by atoms with Crippen molar-refractivity contribution in [1.29, 1.82) is 0 Å². The van der Waals surface area contributed by atoms with Gasteiger partial charge < -0.3 is 5.11 Å². The molecule has 4 fully saturated rings. The second-order valence-electron chi connectivity index (χ2n) is 8.36. The van der Waals surface area contributed by atoms with E-state index in [1.165, 1.54) is 57.8 Å². The van der Waals surface area contributed by atoms with E-state index in [4.69, 9.17) is 0 Å². The summed E-state index contributed by atoms with van der Waals surface area (Å²) < 4.78 is 0. The van der Waals surface area contributed by atoms with E-state index >= 15 is 0 Å². The first-order valence-corrected chi connectivity index (χ1v) is 8.88. The average Bonchev–Trinajstić information content (AvgIpc) is 2.75. The Morgan fingerprint density at radius 1 is 0.789 bits per heavy atom. The Kier molecular flexibility index (Phi) is 2.99. The lowest BCUT2D eigenvalue weighted by atomic mass is 9.50. The van der Waals surface area contributed by atoms with Crippen LogP contribution in [0.1, 0.15) is 71.1 Å². The van der Waals surface area contributed by atoms with Gasteiger partial charge in [0.05, 0.1) is 6.10 Å². The Morgan fingerprint density at radius 2 is 1.63 bits per heavy atom. The van der Waals surface area contributed by atoms with Crippen molar-refractivity contribution >= 4 is 0 Å². The number of rotatable bonds is 0. The van der Waals surface area contributed by atoms with E-state index in [9.17, 15) is 5.11 Å². The largest absolute Gasteiger partial charge is 0.393 e. The van der Waals surface area contributed by atoms with Gasteiger partial charge in [0.25, 0.3) is 0 Å². The van der Waals surface area contributed by atoms with Crippen molar-refractivity contribution in [3.63, 3.8) is 0 Å². The minimum Gasteiger partial charge on any atom is -0.393 e. The minimum atomic E-state index is 0.00234. The highest BCUT2D eigenvalue weighted by atomic mass is 16.3. The van der Waals surface area contributed by atoms with Crippen molar-refractivity contribution < 1.29 is 5.11 Å². The monoisotopic (exact) mass is 262 g/mol. The zero-order valence-electron chi connectivity index (χ0n) is 12.5. The summed E-state index contributed by atoms with van der Waals surface area (Å²) in [6.45, 7) is 2.40. The molecule has 4 aliphatic carbocycles. The summed E-state index contributed by atoms with van der Waals surface area (Å²) >= 11 is 0. The van der Waals surface area contributed by atoms with Crippen LogP contribution in [0.4, 0.5) is 0 Å². The molecule has 4 rings (SSSR count). The predicted molar refractivity (Wildman–Crippen MR) is 77.7 cm³/mol. The third kappa shape index (κ3) is 1.76. The van der Waals surface area contributed by atoms with E-state index in [0.717, 1.165) is 36.0 Å². The highest BCUT2D eigenvalue weighted by Crippen LogP contribution is 2.62. The van der Waals surface area contributed by atoms with Gasteiger partial charge in [-0.05, 0) is 80.0 Å². The van der Waals surface area contributed by atoms with Crippen LogP contribution in [-0.4, -0.2) is 11.2 Å². The molecule has 0 heterocycles. The summed E-state index contributed by atoms with van der Waals surface area (Å²) in [6.07, 6.45) is 14.2. The zero-order valence-corrected chi connectivity index (χ0v) is 12.5. The van der Waals surface area contributed by atoms with Crippen LogP contribution in [0.5, 0.6) is 0 Å². The molecule has 0 amide bonds. The molecule has 4 saturated carbocycles. The molecule has 0 spiro atoms. The molecule has 2 unspecified atom stereocenters. The van der Waals surface area contributed by atoms with Crippen molar-refractivity contribution in [2.45, 2.75) is 77.2 Å². The molecule has 1 heteroatoms. The number of aliphatic hydroxyl groups is 1. The Bertz CT molecular complexity index is 352. The third-order valence-corrected chi connectivity index (χ3v) is 7.83. The third-order valence-electron chi connectivity index (χ3n) is 7.83. The number of hydrogen-bond donors (Lipinski definition) is 1. The molecule has 19 heavy (non-hydrogen) atoms. The molecular weight excluding hydrogens is 232 g/mol. The molecule has 1 N–H and O–H groups in total. The first-order valence-electron chi connectivity index (χ1n) is 8.88. The molecule has 1 nitrogen and oxygen atoms in total. The van der Waals surface area contributed by atoms with Gasteiger partial charge in [-0.1, -0.05) is 26.2 Å². The maximum Gasteiger partial charge on any atom is 0.0596 e. The molecule has 0 aliphatic heterocycles. The molecule has 108 valence electrons. The lowest BCUT2D eigenvalue weighted by Crippen LogP contribution is -2.48. The van der Waals surface area contributed by atoms with E-state index in [-0.39, 0.29) is 11.5 Å². The van der Waals surface area contributed by atoms with Gasteiger partial charge in [0.2, 0.25) is 0 Å². The van der Waals surface area contributed by atoms with Gasteiger partial charge in [-0.15, -0.1) is 0 Å². The molecule has 0 aromatic carbocycles. The second-order valence-corrected chi connectivity index (χ2v) is 8.36. The molecule has 0 bridgehead atoms. The lowest BCUT2D eigenvalue weighted by molar-refractivity contribution is -0.0809. The normalized spacial score (nSPS) is 57.2. The molecule has 0 saturated heterocycles. The Hall–Kier alpha value is -0.0400. The van der Waals surface area contributed by atoms with Gasteiger partial charge in [-0.25, -0.2) is 0 Å². The molecule has 0 aromatic rings.